The Morgan fingerprint density at radius 1 is 1.16 bits per heavy atom. The first-order chi connectivity index (χ1) is 15.0. The van der Waals surface area contributed by atoms with E-state index in [1.807, 2.05) is 36.2 Å². The fourth-order valence-corrected chi connectivity index (χ4v) is 3.97. The van der Waals surface area contributed by atoms with E-state index in [4.69, 9.17) is 4.74 Å². The second-order valence-corrected chi connectivity index (χ2v) is 7.77. The minimum atomic E-state index is -0.363. The third kappa shape index (κ3) is 4.39. The second kappa shape index (κ2) is 8.77. The van der Waals surface area contributed by atoms with Gasteiger partial charge in [0, 0.05) is 31.2 Å². The lowest BCUT2D eigenvalue weighted by molar-refractivity contribution is -0.145. The number of hydrazine groups is 1. The molecule has 2 aromatic carbocycles. The lowest BCUT2D eigenvalue weighted by Gasteiger charge is -2.31. The van der Waals surface area contributed by atoms with Gasteiger partial charge < -0.3 is 9.64 Å². The first-order valence-corrected chi connectivity index (χ1v) is 10.4. The molecule has 2 heterocycles. The Hall–Kier alpha value is -3.39. The number of aromatic amines is 1. The minimum absolute atomic E-state index is 0.00214. The predicted molar refractivity (Wildman–Crippen MR) is 118 cm³/mol. The number of aromatic nitrogens is 2. The van der Waals surface area contributed by atoms with E-state index in [2.05, 4.69) is 22.3 Å². The molecule has 0 spiro atoms. The summed E-state index contributed by atoms with van der Waals surface area (Å²) >= 11 is 0. The fourth-order valence-electron chi connectivity index (χ4n) is 3.97. The van der Waals surface area contributed by atoms with Gasteiger partial charge in [-0.15, -0.1) is 0 Å². The van der Waals surface area contributed by atoms with Crippen LogP contribution in [0, 0.1) is 6.92 Å². The van der Waals surface area contributed by atoms with Gasteiger partial charge in [0.15, 0.2) is 0 Å². The van der Waals surface area contributed by atoms with Gasteiger partial charge in [-0.3, -0.25) is 19.7 Å². The molecule has 1 amide bonds. The molecular weight excluding hydrogens is 394 g/mol. The highest BCUT2D eigenvalue weighted by Crippen LogP contribution is 2.27. The molecular formula is C23H27N5O3. The number of amides is 1. The van der Waals surface area contributed by atoms with E-state index in [-0.39, 0.29) is 25.0 Å². The predicted octanol–water partition coefficient (Wildman–Crippen LogP) is 2.63. The van der Waals surface area contributed by atoms with Gasteiger partial charge in [-0.2, -0.15) is 5.10 Å². The molecule has 31 heavy (non-hydrogen) atoms. The monoisotopic (exact) mass is 421 g/mol. The van der Waals surface area contributed by atoms with Gasteiger partial charge in [0.1, 0.15) is 6.54 Å². The van der Waals surface area contributed by atoms with Crippen molar-refractivity contribution in [3.05, 3.63) is 59.3 Å². The highest BCUT2D eigenvalue weighted by atomic mass is 16.5. The third-order valence-corrected chi connectivity index (χ3v) is 5.66. The Labute approximate surface area is 181 Å². The average Bonchev–Trinajstić information content (AvgIpc) is 3.38. The molecule has 1 aliphatic heterocycles. The van der Waals surface area contributed by atoms with Crippen molar-refractivity contribution >= 4 is 28.5 Å². The molecule has 8 heteroatoms. The molecule has 162 valence electrons. The molecule has 0 fully saturated rings. The van der Waals surface area contributed by atoms with E-state index in [0.717, 1.165) is 22.2 Å². The number of H-pyrrole nitrogens is 1. The first-order valence-electron chi connectivity index (χ1n) is 10.4. The molecule has 1 aromatic heterocycles. The van der Waals surface area contributed by atoms with Gasteiger partial charge in [0.2, 0.25) is 0 Å². The summed E-state index contributed by atoms with van der Waals surface area (Å²) in [5, 5.41) is 11.6. The van der Waals surface area contributed by atoms with Gasteiger partial charge in [0.25, 0.3) is 5.91 Å². The van der Waals surface area contributed by atoms with Gasteiger partial charge in [0.05, 0.1) is 24.9 Å². The number of aryl methyl sites for hydroxylation is 1. The second-order valence-electron chi connectivity index (χ2n) is 7.77. The van der Waals surface area contributed by atoms with Gasteiger partial charge >= 0.3 is 5.97 Å². The molecule has 4 rings (SSSR count). The summed E-state index contributed by atoms with van der Waals surface area (Å²) in [7, 11) is 1.78. The Kier molecular flexibility index (Phi) is 5.90. The number of anilines is 1. The van der Waals surface area contributed by atoms with Crippen LogP contribution in [0.25, 0.3) is 10.9 Å². The summed E-state index contributed by atoms with van der Waals surface area (Å²) in [6, 6.07) is 12.1. The lowest BCUT2D eigenvalue weighted by atomic mass is 10.1. The largest absolute Gasteiger partial charge is 0.465 e. The Balaban J connectivity index is 1.54. The number of fused-ring (bicyclic) bond motifs is 2. The van der Waals surface area contributed by atoms with Crippen molar-refractivity contribution in [1.29, 1.82) is 0 Å². The van der Waals surface area contributed by atoms with Gasteiger partial charge in [-0.25, -0.2) is 5.01 Å². The van der Waals surface area contributed by atoms with Crippen molar-refractivity contribution in [1.82, 2.24) is 20.2 Å². The topological polar surface area (TPSA) is 81.8 Å². The van der Waals surface area contributed by atoms with Crippen LogP contribution in [0.2, 0.25) is 0 Å². The van der Waals surface area contributed by atoms with Crippen LogP contribution in [0.15, 0.2) is 42.6 Å². The molecule has 1 N–H and O–H groups in total. The number of benzene rings is 2. The average molecular weight is 422 g/mol. The van der Waals surface area contributed by atoms with E-state index in [1.165, 1.54) is 11.1 Å². The molecule has 0 saturated carbocycles. The van der Waals surface area contributed by atoms with E-state index in [0.29, 0.717) is 19.7 Å². The third-order valence-electron chi connectivity index (χ3n) is 5.66. The normalized spacial score (nSPS) is 13.3. The summed E-state index contributed by atoms with van der Waals surface area (Å²) in [6.07, 6.45) is 1.73. The first kappa shape index (κ1) is 20.9. The van der Waals surface area contributed by atoms with Crippen LogP contribution in [-0.2, 0) is 27.4 Å². The van der Waals surface area contributed by atoms with Crippen molar-refractivity contribution in [2.75, 3.05) is 31.6 Å². The number of rotatable bonds is 7. The maximum absolute atomic E-state index is 13.2. The summed E-state index contributed by atoms with van der Waals surface area (Å²) in [4.78, 5) is 27.3. The molecule has 0 radical (unpaired) electrons. The zero-order valence-corrected chi connectivity index (χ0v) is 18.1. The zero-order valence-electron chi connectivity index (χ0n) is 18.1. The number of likely N-dealkylation sites (N-methyl/N-ethyl adjacent to an activating group) is 1. The summed E-state index contributed by atoms with van der Waals surface area (Å²) in [6.45, 7) is 5.47. The van der Waals surface area contributed by atoms with Crippen LogP contribution in [0.5, 0.6) is 0 Å². The van der Waals surface area contributed by atoms with Crippen LogP contribution in [0.1, 0.15) is 23.6 Å². The molecule has 0 aliphatic carbocycles. The van der Waals surface area contributed by atoms with Crippen molar-refractivity contribution in [3.63, 3.8) is 0 Å². The summed E-state index contributed by atoms with van der Waals surface area (Å²) in [5.41, 5.74) is 5.13. The molecule has 0 atom stereocenters. The molecule has 0 unspecified atom stereocenters. The van der Waals surface area contributed by atoms with E-state index < -0.39 is 0 Å². The van der Waals surface area contributed by atoms with Crippen LogP contribution in [0.4, 0.5) is 5.69 Å². The lowest BCUT2D eigenvalue weighted by Crippen LogP contribution is -2.47. The van der Waals surface area contributed by atoms with E-state index >= 15 is 0 Å². The highest BCUT2D eigenvalue weighted by Gasteiger charge is 2.27. The molecule has 0 bridgehead atoms. The molecule has 3 aromatic rings. The van der Waals surface area contributed by atoms with Crippen LogP contribution in [-0.4, -0.2) is 58.8 Å². The summed E-state index contributed by atoms with van der Waals surface area (Å²) in [5.74, 6) is -0.456. The SMILES string of the molecule is CCOC(=O)CN(CC(=O)N(C)N1Cc2ccccc2C1)c1cc2cn[nH]c2cc1C. The minimum Gasteiger partial charge on any atom is -0.465 e. The maximum Gasteiger partial charge on any atom is 0.325 e. The number of nitrogens with zero attached hydrogens (tertiary/aromatic N) is 4. The molecule has 1 aliphatic rings. The van der Waals surface area contributed by atoms with E-state index in [9.17, 15) is 9.59 Å². The number of ether oxygens (including phenoxy) is 1. The van der Waals surface area contributed by atoms with Crippen molar-refractivity contribution in [3.8, 4) is 0 Å². The van der Waals surface area contributed by atoms with Crippen LogP contribution < -0.4 is 4.90 Å². The number of hydrogen-bond acceptors (Lipinski definition) is 6. The number of nitrogens with one attached hydrogen (secondary N) is 1. The number of hydrogen-bond donors (Lipinski definition) is 1. The summed E-state index contributed by atoms with van der Waals surface area (Å²) < 4.78 is 5.16. The van der Waals surface area contributed by atoms with Gasteiger partial charge in [-0.05, 0) is 42.7 Å². The molecule has 8 nitrogen and oxygen atoms in total. The van der Waals surface area contributed by atoms with Crippen LogP contribution in [0.3, 0.4) is 0 Å². The van der Waals surface area contributed by atoms with Crippen LogP contribution >= 0.6 is 0 Å². The quantitative estimate of drug-likeness (QED) is 0.591. The van der Waals surface area contributed by atoms with Crippen molar-refractivity contribution in [2.45, 2.75) is 26.9 Å². The van der Waals surface area contributed by atoms with E-state index in [1.54, 1.807) is 30.1 Å². The number of carbonyl (C=O) groups is 2. The fraction of sp³-hybridized carbons (Fsp3) is 0.348. The maximum atomic E-state index is 13.2. The standard InChI is InChI=1S/C23H27N5O3/c1-4-31-23(30)15-27(21-10-19-11-24-25-20(19)9-16(21)2)14-22(29)26(3)28-12-17-7-5-6-8-18(17)13-28/h5-11H,4,12-15H2,1-3H3,(H,24,25). The van der Waals surface area contributed by atoms with Crippen molar-refractivity contribution < 1.29 is 14.3 Å². The Bertz CT molecular complexity index is 1080. The zero-order chi connectivity index (χ0) is 22.0. The molecule has 0 saturated heterocycles. The highest BCUT2D eigenvalue weighted by molar-refractivity contribution is 5.89. The Morgan fingerprint density at radius 2 is 1.87 bits per heavy atom. The van der Waals surface area contributed by atoms with Crippen molar-refractivity contribution in [2.24, 2.45) is 0 Å². The number of esters is 1. The smallest absolute Gasteiger partial charge is 0.325 e. The Morgan fingerprint density at radius 3 is 2.55 bits per heavy atom. The van der Waals surface area contributed by atoms with Gasteiger partial charge in [-0.1, -0.05) is 24.3 Å². The number of carbonyl (C=O) groups excluding carboxylic acids is 2.